The van der Waals surface area contributed by atoms with Crippen LogP contribution in [0.1, 0.15) is 32.6 Å². The highest BCUT2D eigenvalue weighted by atomic mass is 35.5. The molecule has 0 fully saturated rings. The van der Waals surface area contributed by atoms with E-state index in [0.29, 0.717) is 0 Å². The minimum absolute atomic E-state index is 0.0645. The van der Waals surface area contributed by atoms with Gasteiger partial charge in [0, 0.05) is 12.8 Å². The maximum atomic E-state index is 13.6. The molecule has 3 rings (SSSR count). The van der Waals surface area contributed by atoms with Crippen LogP contribution in [0.25, 0.3) is 0 Å². The summed E-state index contributed by atoms with van der Waals surface area (Å²) in [7, 11) is 0. The largest absolute Gasteiger partial charge is 0.418 e. The van der Waals surface area contributed by atoms with Gasteiger partial charge in [-0.1, -0.05) is 59.6 Å². The van der Waals surface area contributed by atoms with Gasteiger partial charge < -0.3 is 5.32 Å². The van der Waals surface area contributed by atoms with Crippen LogP contribution in [0.3, 0.4) is 0 Å². The number of aryl methyl sites for hydroxylation is 1. The van der Waals surface area contributed by atoms with Crippen LogP contribution in [0.5, 0.6) is 0 Å². The first-order valence-electron chi connectivity index (χ1n) is 9.47. The summed E-state index contributed by atoms with van der Waals surface area (Å²) in [5.41, 5.74) is 0.685. The standard InChI is InChI=1S/C24H19ClF3NO2/c1-15-5-4-6-16(11-15)12-18(30)13-17-9-10-22(20(14-17)24(26,27)28)29-23(31)19-7-2-3-8-21(19)25/h2-11,14H,12-13H2,1H3,(H,29,31). The van der Waals surface area contributed by atoms with Crippen molar-refractivity contribution in [2.75, 3.05) is 5.32 Å². The van der Waals surface area contributed by atoms with Gasteiger partial charge in [-0.05, 0) is 42.3 Å². The molecule has 0 aliphatic rings. The molecule has 3 aromatic rings. The zero-order valence-electron chi connectivity index (χ0n) is 16.6. The fraction of sp³-hybridized carbons (Fsp3) is 0.167. The number of amides is 1. The highest BCUT2D eigenvalue weighted by molar-refractivity contribution is 6.34. The Balaban J connectivity index is 1.81. The second-order valence-corrected chi connectivity index (χ2v) is 7.60. The average Bonchev–Trinajstić information content (AvgIpc) is 2.68. The van der Waals surface area contributed by atoms with Crippen molar-refractivity contribution in [3.63, 3.8) is 0 Å². The van der Waals surface area contributed by atoms with E-state index in [-0.39, 0.29) is 34.8 Å². The molecule has 0 aliphatic heterocycles. The van der Waals surface area contributed by atoms with E-state index in [2.05, 4.69) is 5.32 Å². The van der Waals surface area contributed by atoms with Crippen LogP contribution < -0.4 is 5.32 Å². The van der Waals surface area contributed by atoms with E-state index < -0.39 is 23.3 Å². The first kappa shape index (κ1) is 22.6. The second kappa shape index (κ2) is 9.35. The molecule has 0 bridgehead atoms. The van der Waals surface area contributed by atoms with Gasteiger partial charge in [-0.3, -0.25) is 9.59 Å². The lowest BCUT2D eigenvalue weighted by molar-refractivity contribution is -0.137. The van der Waals surface area contributed by atoms with Crippen LogP contribution in [0.15, 0.2) is 66.7 Å². The third kappa shape index (κ3) is 5.95. The number of Topliss-reactive ketones (excluding diaryl/α,β-unsaturated/α-hetero) is 1. The molecule has 0 saturated carbocycles. The topological polar surface area (TPSA) is 46.2 Å². The van der Waals surface area contributed by atoms with Gasteiger partial charge in [-0.25, -0.2) is 0 Å². The van der Waals surface area contributed by atoms with E-state index in [0.717, 1.165) is 23.3 Å². The Morgan fingerprint density at radius 2 is 1.58 bits per heavy atom. The summed E-state index contributed by atoms with van der Waals surface area (Å²) < 4.78 is 40.9. The number of carbonyl (C=O) groups is 2. The van der Waals surface area contributed by atoms with Crippen molar-refractivity contribution in [1.29, 1.82) is 0 Å². The monoisotopic (exact) mass is 445 g/mol. The molecule has 3 aromatic carbocycles. The Labute approximate surface area is 182 Å². The number of benzene rings is 3. The lowest BCUT2D eigenvalue weighted by Crippen LogP contribution is -2.18. The summed E-state index contributed by atoms with van der Waals surface area (Å²) in [6.45, 7) is 1.90. The molecule has 160 valence electrons. The summed E-state index contributed by atoms with van der Waals surface area (Å²) in [6, 6.07) is 16.9. The third-order valence-corrected chi connectivity index (χ3v) is 4.97. The number of rotatable bonds is 6. The summed E-state index contributed by atoms with van der Waals surface area (Å²) in [5.74, 6) is -0.953. The maximum absolute atomic E-state index is 13.6. The summed E-state index contributed by atoms with van der Waals surface area (Å²) in [4.78, 5) is 24.8. The lowest BCUT2D eigenvalue weighted by Gasteiger charge is -2.16. The first-order chi connectivity index (χ1) is 14.6. The van der Waals surface area contributed by atoms with Crippen molar-refractivity contribution >= 4 is 29.0 Å². The fourth-order valence-electron chi connectivity index (χ4n) is 3.22. The van der Waals surface area contributed by atoms with Crippen LogP contribution in [-0.4, -0.2) is 11.7 Å². The minimum atomic E-state index is -4.71. The van der Waals surface area contributed by atoms with Gasteiger partial charge in [0.15, 0.2) is 0 Å². The Morgan fingerprint density at radius 3 is 2.23 bits per heavy atom. The van der Waals surface area contributed by atoms with Crippen LogP contribution in [-0.2, 0) is 23.8 Å². The van der Waals surface area contributed by atoms with Gasteiger partial charge in [0.2, 0.25) is 0 Å². The molecule has 0 spiro atoms. The van der Waals surface area contributed by atoms with Crippen LogP contribution in [0, 0.1) is 6.92 Å². The van der Waals surface area contributed by atoms with Gasteiger partial charge >= 0.3 is 6.18 Å². The van der Waals surface area contributed by atoms with E-state index in [1.807, 2.05) is 25.1 Å². The maximum Gasteiger partial charge on any atom is 0.418 e. The highest BCUT2D eigenvalue weighted by Gasteiger charge is 2.34. The van der Waals surface area contributed by atoms with Crippen molar-refractivity contribution in [2.45, 2.75) is 25.9 Å². The quantitative estimate of drug-likeness (QED) is 0.485. The summed E-state index contributed by atoms with van der Waals surface area (Å²) in [5, 5.41) is 2.40. The van der Waals surface area contributed by atoms with Crippen molar-refractivity contribution in [3.05, 3.63) is 99.6 Å². The number of nitrogens with one attached hydrogen (secondary N) is 1. The second-order valence-electron chi connectivity index (χ2n) is 7.19. The van der Waals surface area contributed by atoms with Gasteiger partial charge in [0.05, 0.1) is 21.8 Å². The summed E-state index contributed by atoms with van der Waals surface area (Å²) in [6.07, 6.45) is -4.72. The zero-order valence-corrected chi connectivity index (χ0v) is 17.3. The number of ketones is 1. The smallest absolute Gasteiger partial charge is 0.321 e. The van der Waals surface area contributed by atoms with E-state index in [1.54, 1.807) is 18.2 Å². The van der Waals surface area contributed by atoms with Crippen molar-refractivity contribution in [2.24, 2.45) is 0 Å². The van der Waals surface area contributed by atoms with Crippen molar-refractivity contribution in [1.82, 2.24) is 0 Å². The molecule has 7 heteroatoms. The summed E-state index contributed by atoms with van der Waals surface area (Å²) >= 11 is 5.95. The van der Waals surface area contributed by atoms with Crippen molar-refractivity contribution in [3.8, 4) is 0 Å². The first-order valence-corrected chi connectivity index (χ1v) is 9.84. The molecule has 0 saturated heterocycles. The molecule has 0 aromatic heterocycles. The van der Waals surface area contributed by atoms with Gasteiger partial charge in [0.25, 0.3) is 5.91 Å². The van der Waals surface area contributed by atoms with E-state index in [4.69, 9.17) is 11.6 Å². The molecule has 0 atom stereocenters. The third-order valence-electron chi connectivity index (χ3n) is 4.64. The SMILES string of the molecule is Cc1cccc(CC(=O)Cc2ccc(NC(=O)c3ccccc3Cl)c(C(F)(F)F)c2)c1. The Hall–Kier alpha value is -3.12. The molecule has 0 radical (unpaired) electrons. The Kier molecular flexibility index (Phi) is 6.81. The predicted molar refractivity (Wildman–Crippen MR) is 114 cm³/mol. The van der Waals surface area contributed by atoms with Gasteiger partial charge in [-0.2, -0.15) is 13.2 Å². The Bertz CT molecular complexity index is 1130. The van der Waals surface area contributed by atoms with Crippen LogP contribution in [0.4, 0.5) is 18.9 Å². The molecule has 0 aliphatic carbocycles. The van der Waals surface area contributed by atoms with Crippen LogP contribution >= 0.6 is 11.6 Å². The highest BCUT2D eigenvalue weighted by Crippen LogP contribution is 2.36. The number of hydrogen-bond acceptors (Lipinski definition) is 2. The zero-order chi connectivity index (χ0) is 22.6. The number of halogens is 4. The number of hydrogen-bond donors (Lipinski definition) is 1. The number of anilines is 1. The normalized spacial score (nSPS) is 11.3. The molecular formula is C24H19ClF3NO2. The van der Waals surface area contributed by atoms with Crippen LogP contribution in [0.2, 0.25) is 5.02 Å². The van der Waals surface area contributed by atoms with E-state index in [1.165, 1.54) is 18.2 Å². The number of carbonyl (C=O) groups excluding carboxylic acids is 2. The predicted octanol–water partition coefficient (Wildman–Crippen LogP) is 6.27. The molecular weight excluding hydrogens is 427 g/mol. The van der Waals surface area contributed by atoms with Crippen molar-refractivity contribution < 1.29 is 22.8 Å². The molecule has 31 heavy (non-hydrogen) atoms. The lowest BCUT2D eigenvalue weighted by atomic mass is 9.99. The average molecular weight is 446 g/mol. The molecule has 0 heterocycles. The molecule has 1 amide bonds. The molecule has 3 nitrogen and oxygen atoms in total. The van der Waals surface area contributed by atoms with Gasteiger partial charge in [-0.15, -0.1) is 0 Å². The minimum Gasteiger partial charge on any atom is -0.321 e. The van der Waals surface area contributed by atoms with E-state index in [9.17, 15) is 22.8 Å². The fourth-order valence-corrected chi connectivity index (χ4v) is 3.44. The Morgan fingerprint density at radius 1 is 0.903 bits per heavy atom. The van der Waals surface area contributed by atoms with E-state index >= 15 is 0 Å². The molecule has 1 N–H and O–H groups in total. The van der Waals surface area contributed by atoms with Gasteiger partial charge in [0.1, 0.15) is 5.78 Å². The number of alkyl halides is 3. The molecule has 0 unspecified atom stereocenters.